The molecule has 0 aliphatic heterocycles. The van der Waals surface area contributed by atoms with Gasteiger partial charge in [-0.15, -0.1) is 0 Å². The third kappa shape index (κ3) is 1.86. The second-order valence-corrected chi connectivity index (χ2v) is 7.97. The van der Waals surface area contributed by atoms with Gasteiger partial charge < -0.3 is 4.57 Å². The number of nitrogens with zero attached hydrogens (tertiary/aromatic N) is 1. The normalized spacial score (nSPS) is 13.2. The minimum absolute atomic E-state index is 0.388. The molecule has 0 saturated heterocycles. The molecule has 0 radical (unpaired) electrons. The van der Waals surface area contributed by atoms with Crippen molar-refractivity contribution in [1.82, 2.24) is 4.57 Å². The number of hydrogen-bond acceptors (Lipinski definition) is 2. The Balaban J connectivity index is 2.69. The van der Waals surface area contributed by atoms with Crippen LogP contribution in [0, 0.1) is 0 Å². The fourth-order valence-electron chi connectivity index (χ4n) is 1.76. The summed E-state index contributed by atoms with van der Waals surface area (Å²) in [6.07, 6.45) is 1.93. The lowest BCUT2D eigenvalue weighted by Gasteiger charge is -2.19. The molecule has 0 N–H and O–H groups in total. The van der Waals surface area contributed by atoms with Crippen molar-refractivity contribution in [3.63, 3.8) is 0 Å². The lowest BCUT2D eigenvalue weighted by atomic mass is 10.2. The smallest absolute Gasteiger partial charge is 0.183 e. The molecular formula is C13H17NO2S. The van der Waals surface area contributed by atoms with Crippen molar-refractivity contribution < 1.29 is 8.42 Å². The lowest BCUT2D eigenvalue weighted by molar-refractivity contribution is 0.560. The van der Waals surface area contributed by atoms with Gasteiger partial charge >= 0.3 is 0 Å². The number of rotatable bonds is 1. The lowest BCUT2D eigenvalue weighted by Crippen LogP contribution is -2.27. The molecule has 0 amide bonds. The summed E-state index contributed by atoms with van der Waals surface area (Å²) in [6.45, 7) is 5.16. The van der Waals surface area contributed by atoms with Crippen molar-refractivity contribution in [2.24, 2.45) is 7.05 Å². The molecule has 4 heteroatoms. The Hall–Kier alpha value is -1.29. The van der Waals surface area contributed by atoms with Crippen molar-refractivity contribution in [1.29, 1.82) is 0 Å². The highest BCUT2D eigenvalue weighted by atomic mass is 32.2. The summed E-state index contributed by atoms with van der Waals surface area (Å²) >= 11 is 0. The van der Waals surface area contributed by atoms with Gasteiger partial charge in [-0.2, -0.15) is 0 Å². The molecule has 17 heavy (non-hydrogen) atoms. The molecule has 0 aliphatic rings. The van der Waals surface area contributed by atoms with Crippen molar-refractivity contribution in [3.8, 4) is 0 Å². The molecule has 1 heterocycles. The molecule has 0 saturated carbocycles. The van der Waals surface area contributed by atoms with Gasteiger partial charge in [-0.05, 0) is 44.4 Å². The van der Waals surface area contributed by atoms with Crippen LogP contribution in [0.1, 0.15) is 20.8 Å². The molecule has 2 aromatic rings. The van der Waals surface area contributed by atoms with E-state index in [9.17, 15) is 8.42 Å². The maximum absolute atomic E-state index is 12.3. The first kappa shape index (κ1) is 12.2. The van der Waals surface area contributed by atoms with Crippen LogP contribution in [0.25, 0.3) is 10.9 Å². The van der Waals surface area contributed by atoms with Gasteiger partial charge in [0.2, 0.25) is 0 Å². The largest absolute Gasteiger partial charge is 0.351 e. The second-order valence-electron chi connectivity index (χ2n) is 5.26. The highest BCUT2D eigenvalue weighted by Gasteiger charge is 2.30. The monoisotopic (exact) mass is 251 g/mol. The van der Waals surface area contributed by atoms with Crippen molar-refractivity contribution in [3.05, 3.63) is 30.5 Å². The SMILES string of the molecule is Cn1ccc2ccc(S(=O)(=O)C(C)(C)C)cc21. The minimum Gasteiger partial charge on any atom is -0.351 e. The van der Waals surface area contributed by atoms with Gasteiger partial charge in [0, 0.05) is 18.8 Å². The average Bonchev–Trinajstić information content (AvgIpc) is 2.58. The Morgan fingerprint density at radius 2 is 1.76 bits per heavy atom. The van der Waals surface area contributed by atoms with E-state index in [-0.39, 0.29) is 0 Å². The number of fused-ring (bicyclic) bond motifs is 1. The van der Waals surface area contributed by atoms with Crippen molar-refractivity contribution in [2.45, 2.75) is 30.4 Å². The van der Waals surface area contributed by atoms with Crippen LogP contribution in [0.5, 0.6) is 0 Å². The summed E-state index contributed by atoms with van der Waals surface area (Å²) in [5, 5.41) is 1.06. The summed E-state index contributed by atoms with van der Waals surface area (Å²) in [6, 6.07) is 7.26. The zero-order valence-corrected chi connectivity index (χ0v) is 11.4. The highest BCUT2D eigenvalue weighted by Crippen LogP contribution is 2.27. The average molecular weight is 251 g/mol. The summed E-state index contributed by atoms with van der Waals surface area (Å²) < 4.78 is 25.8. The van der Waals surface area contributed by atoms with E-state index < -0.39 is 14.6 Å². The van der Waals surface area contributed by atoms with Gasteiger partial charge in [-0.1, -0.05) is 6.07 Å². The molecule has 0 bridgehead atoms. The van der Waals surface area contributed by atoms with Crippen LogP contribution in [0.15, 0.2) is 35.4 Å². The van der Waals surface area contributed by atoms with Crippen LogP contribution in [0.2, 0.25) is 0 Å². The summed E-state index contributed by atoms with van der Waals surface area (Å²) in [4.78, 5) is 0.388. The zero-order chi connectivity index (χ0) is 12.8. The van der Waals surface area contributed by atoms with Crippen molar-refractivity contribution >= 4 is 20.7 Å². The molecule has 0 unspecified atom stereocenters. The number of benzene rings is 1. The van der Waals surface area contributed by atoms with Crippen LogP contribution in [-0.2, 0) is 16.9 Å². The molecule has 0 fully saturated rings. The van der Waals surface area contributed by atoms with E-state index in [2.05, 4.69) is 0 Å². The van der Waals surface area contributed by atoms with Gasteiger partial charge in [0.05, 0.1) is 9.64 Å². The Labute approximate surface area is 102 Å². The van der Waals surface area contributed by atoms with E-state index in [1.54, 1.807) is 32.9 Å². The molecule has 0 aliphatic carbocycles. The molecule has 0 spiro atoms. The number of aromatic nitrogens is 1. The molecule has 3 nitrogen and oxygen atoms in total. The van der Waals surface area contributed by atoms with E-state index in [0.717, 1.165) is 10.9 Å². The van der Waals surface area contributed by atoms with E-state index in [1.807, 2.05) is 29.9 Å². The minimum atomic E-state index is -3.28. The van der Waals surface area contributed by atoms with Gasteiger partial charge in [0.1, 0.15) is 0 Å². The fourth-order valence-corrected chi connectivity index (χ4v) is 2.98. The van der Waals surface area contributed by atoms with Gasteiger partial charge in [0.25, 0.3) is 0 Å². The molecule has 2 rings (SSSR count). The van der Waals surface area contributed by atoms with Gasteiger partial charge in [-0.3, -0.25) is 0 Å². The number of hydrogen-bond donors (Lipinski definition) is 0. The summed E-state index contributed by atoms with van der Waals surface area (Å²) in [7, 11) is -1.36. The third-order valence-electron chi connectivity index (χ3n) is 2.98. The quantitative estimate of drug-likeness (QED) is 0.781. The van der Waals surface area contributed by atoms with Crippen LogP contribution in [0.4, 0.5) is 0 Å². The third-order valence-corrected chi connectivity index (χ3v) is 5.46. The Morgan fingerprint density at radius 3 is 2.35 bits per heavy atom. The van der Waals surface area contributed by atoms with E-state index >= 15 is 0 Å². The van der Waals surface area contributed by atoms with Crippen molar-refractivity contribution in [2.75, 3.05) is 0 Å². The first-order valence-corrected chi connectivity index (χ1v) is 7.01. The molecule has 0 atom stereocenters. The Kier molecular flexibility index (Phi) is 2.58. The maximum Gasteiger partial charge on any atom is 0.183 e. The summed E-state index contributed by atoms with van der Waals surface area (Å²) in [5.41, 5.74) is 0.940. The van der Waals surface area contributed by atoms with Crippen LogP contribution < -0.4 is 0 Å². The Morgan fingerprint density at radius 1 is 1.12 bits per heavy atom. The van der Waals surface area contributed by atoms with E-state index in [1.165, 1.54) is 0 Å². The predicted octanol–water partition coefficient (Wildman–Crippen LogP) is 2.75. The standard InChI is InChI=1S/C13H17NO2S/c1-13(2,3)17(15,16)11-6-5-10-7-8-14(4)12(10)9-11/h5-9H,1-4H3. The number of sulfone groups is 1. The first-order chi connectivity index (χ1) is 7.73. The number of aryl methyl sites for hydroxylation is 1. The Bertz CT molecular complexity index is 660. The fraction of sp³-hybridized carbons (Fsp3) is 0.385. The van der Waals surface area contributed by atoms with Crippen LogP contribution in [-0.4, -0.2) is 17.7 Å². The van der Waals surface area contributed by atoms with Gasteiger partial charge in [0.15, 0.2) is 9.84 Å². The van der Waals surface area contributed by atoms with E-state index in [4.69, 9.17) is 0 Å². The molecule has 1 aromatic heterocycles. The van der Waals surface area contributed by atoms with E-state index in [0.29, 0.717) is 4.90 Å². The first-order valence-electron chi connectivity index (χ1n) is 5.53. The molecular weight excluding hydrogens is 234 g/mol. The highest BCUT2D eigenvalue weighted by molar-refractivity contribution is 7.92. The predicted molar refractivity (Wildman–Crippen MR) is 69.9 cm³/mol. The molecule has 92 valence electrons. The zero-order valence-electron chi connectivity index (χ0n) is 10.6. The topological polar surface area (TPSA) is 39.1 Å². The maximum atomic E-state index is 12.3. The second kappa shape index (κ2) is 3.60. The molecule has 1 aromatic carbocycles. The van der Waals surface area contributed by atoms with Crippen LogP contribution >= 0.6 is 0 Å². The van der Waals surface area contributed by atoms with Crippen LogP contribution in [0.3, 0.4) is 0 Å². The summed E-state index contributed by atoms with van der Waals surface area (Å²) in [5.74, 6) is 0. The van der Waals surface area contributed by atoms with Gasteiger partial charge in [-0.25, -0.2) is 8.42 Å².